The Hall–Kier alpha value is -1.04. The largest absolute Gasteiger partial charge is 0.0995 e. The highest BCUT2D eigenvalue weighted by Crippen LogP contribution is 2.39. The third-order valence-electron chi connectivity index (χ3n) is 4.52. The van der Waals surface area contributed by atoms with E-state index in [4.69, 9.17) is 0 Å². The molecule has 2 rings (SSSR count). The Bertz CT molecular complexity index is 510. The van der Waals surface area contributed by atoms with Crippen LogP contribution in [0.4, 0.5) is 0 Å². The molecule has 0 bridgehead atoms. The van der Waals surface area contributed by atoms with Crippen LogP contribution < -0.4 is 0 Å². The minimum atomic E-state index is 0.226. The van der Waals surface area contributed by atoms with Gasteiger partial charge in [-0.25, -0.2) is 0 Å². The van der Waals surface area contributed by atoms with Crippen molar-refractivity contribution in [3.8, 4) is 0 Å². The third-order valence-corrected chi connectivity index (χ3v) is 4.52. The summed E-state index contributed by atoms with van der Waals surface area (Å²) < 4.78 is 0. The third kappa shape index (κ3) is 2.02. The lowest BCUT2D eigenvalue weighted by Gasteiger charge is -2.33. The SMILES string of the molecule is C=C1CCc2c(C)c(C)c(C)c(C(C)(C)C)c2C1. The summed E-state index contributed by atoms with van der Waals surface area (Å²) in [5.41, 5.74) is 10.9. The van der Waals surface area contributed by atoms with Gasteiger partial charge in [0.2, 0.25) is 0 Å². The molecule has 0 radical (unpaired) electrons. The second kappa shape index (κ2) is 4.26. The molecule has 0 amide bonds. The van der Waals surface area contributed by atoms with Crippen LogP contribution in [0.3, 0.4) is 0 Å². The maximum atomic E-state index is 4.22. The van der Waals surface area contributed by atoms with Gasteiger partial charge in [0.25, 0.3) is 0 Å². The van der Waals surface area contributed by atoms with Gasteiger partial charge in [0.05, 0.1) is 0 Å². The van der Waals surface area contributed by atoms with Gasteiger partial charge in [-0.15, -0.1) is 0 Å². The van der Waals surface area contributed by atoms with Gasteiger partial charge in [-0.3, -0.25) is 0 Å². The molecule has 0 spiro atoms. The zero-order valence-electron chi connectivity index (χ0n) is 12.8. The molecule has 0 aromatic heterocycles. The van der Waals surface area contributed by atoms with Gasteiger partial charge in [0.1, 0.15) is 0 Å². The van der Waals surface area contributed by atoms with Gasteiger partial charge >= 0.3 is 0 Å². The van der Waals surface area contributed by atoms with Gasteiger partial charge in [-0.05, 0) is 78.8 Å². The minimum Gasteiger partial charge on any atom is -0.0995 e. The van der Waals surface area contributed by atoms with Crippen LogP contribution in [0.25, 0.3) is 0 Å². The Kier molecular flexibility index (Phi) is 3.17. The van der Waals surface area contributed by atoms with Crippen LogP contribution in [0.2, 0.25) is 0 Å². The molecule has 0 saturated carbocycles. The topological polar surface area (TPSA) is 0 Å². The van der Waals surface area contributed by atoms with E-state index in [0.717, 1.165) is 6.42 Å². The quantitative estimate of drug-likeness (QED) is 0.564. The Balaban J connectivity index is 2.80. The van der Waals surface area contributed by atoms with E-state index in [9.17, 15) is 0 Å². The fraction of sp³-hybridized carbons (Fsp3) is 0.556. The van der Waals surface area contributed by atoms with Crippen molar-refractivity contribution in [3.05, 3.63) is 45.5 Å². The zero-order valence-corrected chi connectivity index (χ0v) is 12.8. The molecule has 1 aromatic rings. The number of hydrogen-bond acceptors (Lipinski definition) is 0. The van der Waals surface area contributed by atoms with Crippen molar-refractivity contribution in [1.29, 1.82) is 0 Å². The predicted octanol–water partition coefficient (Wildman–Crippen LogP) is 4.95. The van der Waals surface area contributed by atoms with Crippen molar-refractivity contribution >= 4 is 0 Å². The summed E-state index contributed by atoms with van der Waals surface area (Å²) in [5, 5.41) is 0. The molecule has 18 heavy (non-hydrogen) atoms. The number of hydrogen-bond donors (Lipinski definition) is 0. The Morgan fingerprint density at radius 1 is 0.833 bits per heavy atom. The van der Waals surface area contributed by atoms with E-state index in [-0.39, 0.29) is 5.41 Å². The average molecular weight is 242 g/mol. The molecular formula is C18H26. The molecule has 1 aliphatic rings. The first-order valence-corrected chi connectivity index (χ1v) is 7.02. The molecule has 0 heterocycles. The van der Waals surface area contributed by atoms with E-state index < -0.39 is 0 Å². The molecule has 0 heteroatoms. The number of rotatable bonds is 0. The molecular weight excluding hydrogens is 216 g/mol. The van der Waals surface area contributed by atoms with Gasteiger partial charge in [0, 0.05) is 0 Å². The van der Waals surface area contributed by atoms with E-state index in [1.807, 2.05) is 0 Å². The average Bonchev–Trinajstić information content (AvgIpc) is 2.24. The molecule has 0 unspecified atom stereocenters. The number of benzene rings is 1. The lowest BCUT2D eigenvalue weighted by atomic mass is 9.72. The van der Waals surface area contributed by atoms with Crippen LogP contribution >= 0.6 is 0 Å². The molecule has 0 saturated heterocycles. The van der Waals surface area contributed by atoms with Gasteiger partial charge in [0.15, 0.2) is 0 Å². The summed E-state index contributed by atoms with van der Waals surface area (Å²) >= 11 is 0. The van der Waals surface area contributed by atoms with Crippen molar-refractivity contribution in [2.24, 2.45) is 0 Å². The van der Waals surface area contributed by atoms with E-state index in [1.165, 1.54) is 35.1 Å². The smallest absolute Gasteiger partial charge is 0.00638 e. The van der Waals surface area contributed by atoms with Crippen molar-refractivity contribution in [1.82, 2.24) is 0 Å². The van der Waals surface area contributed by atoms with E-state index in [0.29, 0.717) is 0 Å². The lowest BCUT2D eigenvalue weighted by Crippen LogP contribution is -2.22. The van der Waals surface area contributed by atoms with Gasteiger partial charge in [-0.1, -0.05) is 32.9 Å². The Labute approximate surface area is 112 Å². The van der Waals surface area contributed by atoms with E-state index in [2.05, 4.69) is 48.1 Å². The minimum absolute atomic E-state index is 0.226. The Morgan fingerprint density at radius 2 is 1.44 bits per heavy atom. The van der Waals surface area contributed by atoms with Crippen molar-refractivity contribution in [2.75, 3.05) is 0 Å². The predicted molar refractivity (Wildman–Crippen MR) is 80.5 cm³/mol. The highest BCUT2D eigenvalue weighted by Gasteiger charge is 2.27. The highest BCUT2D eigenvalue weighted by atomic mass is 14.3. The lowest BCUT2D eigenvalue weighted by molar-refractivity contribution is 0.573. The molecule has 98 valence electrons. The summed E-state index contributed by atoms with van der Waals surface area (Å²) in [5.74, 6) is 0. The van der Waals surface area contributed by atoms with E-state index >= 15 is 0 Å². The molecule has 0 fully saturated rings. The summed E-state index contributed by atoms with van der Waals surface area (Å²) in [6.45, 7) is 18.1. The van der Waals surface area contributed by atoms with Crippen molar-refractivity contribution in [2.45, 2.75) is 66.2 Å². The maximum Gasteiger partial charge on any atom is -0.00638 e. The Morgan fingerprint density at radius 3 is 2.00 bits per heavy atom. The second-order valence-corrected chi connectivity index (χ2v) is 6.88. The molecule has 1 aromatic carbocycles. The standard InChI is InChI=1S/C18H26/c1-11-8-9-15-13(3)12(2)14(4)17(16(15)10-11)18(5,6)7/h1,8-10H2,2-7H3. The molecule has 1 aliphatic carbocycles. The van der Waals surface area contributed by atoms with Crippen molar-refractivity contribution in [3.63, 3.8) is 0 Å². The summed E-state index contributed by atoms with van der Waals surface area (Å²) in [6, 6.07) is 0. The van der Waals surface area contributed by atoms with Crippen molar-refractivity contribution < 1.29 is 0 Å². The van der Waals surface area contributed by atoms with E-state index in [1.54, 1.807) is 16.7 Å². The summed E-state index contributed by atoms with van der Waals surface area (Å²) in [6.07, 6.45) is 3.44. The van der Waals surface area contributed by atoms with Crippen LogP contribution in [-0.4, -0.2) is 0 Å². The second-order valence-electron chi connectivity index (χ2n) is 6.88. The number of allylic oxidation sites excluding steroid dienone is 1. The first-order chi connectivity index (χ1) is 8.23. The molecule has 0 atom stereocenters. The maximum absolute atomic E-state index is 4.22. The van der Waals surface area contributed by atoms with Gasteiger partial charge in [-0.2, -0.15) is 0 Å². The fourth-order valence-corrected chi connectivity index (χ4v) is 3.49. The van der Waals surface area contributed by atoms with Crippen LogP contribution in [0.15, 0.2) is 12.2 Å². The van der Waals surface area contributed by atoms with Crippen LogP contribution in [-0.2, 0) is 18.3 Å². The molecule has 0 nitrogen and oxygen atoms in total. The first kappa shape index (κ1) is 13.4. The summed E-state index contributed by atoms with van der Waals surface area (Å²) in [4.78, 5) is 0. The fourth-order valence-electron chi connectivity index (χ4n) is 3.49. The van der Waals surface area contributed by atoms with Crippen LogP contribution in [0, 0.1) is 20.8 Å². The number of fused-ring (bicyclic) bond motifs is 1. The summed E-state index contributed by atoms with van der Waals surface area (Å²) in [7, 11) is 0. The zero-order chi connectivity index (χ0) is 13.7. The highest BCUT2D eigenvalue weighted by molar-refractivity contribution is 5.55. The first-order valence-electron chi connectivity index (χ1n) is 7.02. The monoisotopic (exact) mass is 242 g/mol. The van der Waals surface area contributed by atoms with Crippen LogP contribution in [0.5, 0.6) is 0 Å². The van der Waals surface area contributed by atoms with Gasteiger partial charge < -0.3 is 0 Å². The normalized spacial score (nSPS) is 15.8. The molecule has 0 aliphatic heterocycles. The molecule has 0 N–H and O–H groups in total. The van der Waals surface area contributed by atoms with Crippen LogP contribution in [0.1, 0.15) is 60.6 Å².